The van der Waals surface area contributed by atoms with Crippen LogP contribution < -0.4 is 14.8 Å². The quantitative estimate of drug-likeness (QED) is 0.750. The summed E-state index contributed by atoms with van der Waals surface area (Å²) >= 11 is 0. The summed E-state index contributed by atoms with van der Waals surface area (Å²) in [5.41, 5.74) is 1.22. The molecule has 0 fully saturated rings. The fourth-order valence-corrected chi connectivity index (χ4v) is 1.77. The summed E-state index contributed by atoms with van der Waals surface area (Å²) in [7, 11) is 0. The molecule has 0 aliphatic rings. The van der Waals surface area contributed by atoms with E-state index < -0.39 is 0 Å². The van der Waals surface area contributed by atoms with E-state index >= 15 is 0 Å². The number of ether oxygens (including phenoxy) is 2. The van der Waals surface area contributed by atoms with Gasteiger partial charge in [-0.2, -0.15) is 0 Å². The highest BCUT2D eigenvalue weighted by atomic mass is 16.5. The second-order valence-corrected chi connectivity index (χ2v) is 4.31. The van der Waals surface area contributed by atoms with E-state index in [0.717, 1.165) is 24.6 Å². The molecule has 0 saturated carbocycles. The molecule has 4 nitrogen and oxygen atoms in total. The highest BCUT2D eigenvalue weighted by molar-refractivity contribution is 5.28. The molecule has 1 aromatic heterocycles. The third-order valence-electron chi connectivity index (χ3n) is 2.73. The van der Waals surface area contributed by atoms with Crippen molar-refractivity contribution < 1.29 is 9.47 Å². The maximum Gasteiger partial charge on any atom is 0.137 e. The predicted octanol–water partition coefficient (Wildman–Crippen LogP) is 2.65. The third-order valence-corrected chi connectivity index (χ3v) is 2.73. The molecule has 2 aromatic rings. The Morgan fingerprint density at radius 3 is 2.60 bits per heavy atom. The Hall–Kier alpha value is -2.07. The minimum atomic E-state index is 0.503. The molecule has 1 N–H and O–H groups in total. The molecular formula is C16H20N2O2. The van der Waals surface area contributed by atoms with Gasteiger partial charge in [0.05, 0.1) is 6.20 Å². The van der Waals surface area contributed by atoms with Gasteiger partial charge in [-0.1, -0.05) is 19.1 Å². The number of nitrogens with zero attached hydrogens (tertiary/aromatic N) is 1. The van der Waals surface area contributed by atoms with Crippen LogP contribution in [0.25, 0.3) is 0 Å². The Bertz CT molecular complexity index is 503. The van der Waals surface area contributed by atoms with Crippen LogP contribution in [0.3, 0.4) is 0 Å². The number of benzene rings is 1. The van der Waals surface area contributed by atoms with Gasteiger partial charge in [-0.3, -0.25) is 4.98 Å². The third kappa shape index (κ3) is 4.90. The van der Waals surface area contributed by atoms with E-state index in [0.29, 0.717) is 13.2 Å². The van der Waals surface area contributed by atoms with Gasteiger partial charge in [0, 0.05) is 12.7 Å². The smallest absolute Gasteiger partial charge is 0.137 e. The summed E-state index contributed by atoms with van der Waals surface area (Å²) in [6.45, 7) is 4.93. The normalized spacial score (nSPS) is 10.2. The molecule has 1 aromatic carbocycles. The van der Waals surface area contributed by atoms with Crippen molar-refractivity contribution in [2.75, 3.05) is 19.8 Å². The molecule has 0 spiro atoms. The molecule has 0 amide bonds. The van der Waals surface area contributed by atoms with Crippen molar-refractivity contribution in [1.82, 2.24) is 10.3 Å². The lowest BCUT2D eigenvalue weighted by Gasteiger charge is -2.09. The van der Waals surface area contributed by atoms with Crippen LogP contribution in [0.15, 0.2) is 48.8 Å². The van der Waals surface area contributed by atoms with Crippen molar-refractivity contribution in [3.05, 3.63) is 54.4 Å². The van der Waals surface area contributed by atoms with Gasteiger partial charge in [-0.25, -0.2) is 0 Å². The van der Waals surface area contributed by atoms with Crippen molar-refractivity contribution in [1.29, 1.82) is 0 Å². The molecule has 106 valence electrons. The molecule has 4 heteroatoms. The SMILES string of the molecule is CCNCc1cccc(OCCOc2cccnc2)c1. The van der Waals surface area contributed by atoms with E-state index in [-0.39, 0.29) is 0 Å². The molecule has 0 aliphatic heterocycles. The zero-order valence-electron chi connectivity index (χ0n) is 11.7. The summed E-state index contributed by atoms with van der Waals surface area (Å²) in [6, 6.07) is 11.8. The number of nitrogens with one attached hydrogen (secondary N) is 1. The minimum absolute atomic E-state index is 0.503. The molecule has 2 rings (SSSR count). The Morgan fingerprint density at radius 2 is 1.85 bits per heavy atom. The highest BCUT2D eigenvalue weighted by Gasteiger charge is 1.98. The lowest BCUT2D eigenvalue weighted by atomic mass is 10.2. The van der Waals surface area contributed by atoms with E-state index in [2.05, 4.69) is 23.3 Å². The molecule has 20 heavy (non-hydrogen) atoms. The van der Waals surface area contributed by atoms with Crippen molar-refractivity contribution in [3.8, 4) is 11.5 Å². The number of hydrogen-bond acceptors (Lipinski definition) is 4. The Balaban J connectivity index is 1.73. The summed E-state index contributed by atoms with van der Waals surface area (Å²) in [6.07, 6.45) is 3.41. The Labute approximate surface area is 119 Å². The van der Waals surface area contributed by atoms with Gasteiger partial charge in [-0.05, 0) is 36.4 Å². The van der Waals surface area contributed by atoms with Gasteiger partial charge in [0.25, 0.3) is 0 Å². The average Bonchev–Trinajstić information content (AvgIpc) is 2.51. The van der Waals surface area contributed by atoms with Crippen LogP contribution in [-0.4, -0.2) is 24.7 Å². The van der Waals surface area contributed by atoms with Crippen LogP contribution in [0.1, 0.15) is 12.5 Å². The summed E-state index contributed by atoms with van der Waals surface area (Å²) < 4.78 is 11.2. The molecule has 0 unspecified atom stereocenters. The van der Waals surface area contributed by atoms with Gasteiger partial charge >= 0.3 is 0 Å². The molecule has 0 saturated heterocycles. The largest absolute Gasteiger partial charge is 0.490 e. The second-order valence-electron chi connectivity index (χ2n) is 4.31. The molecule has 1 heterocycles. The summed E-state index contributed by atoms with van der Waals surface area (Å²) in [5.74, 6) is 1.63. The maximum atomic E-state index is 5.68. The first kappa shape index (κ1) is 14.3. The fraction of sp³-hybridized carbons (Fsp3) is 0.312. The van der Waals surface area contributed by atoms with Gasteiger partial charge in [0.15, 0.2) is 0 Å². The van der Waals surface area contributed by atoms with Crippen LogP contribution in [0.4, 0.5) is 0 Å². The molecular weight excluding hydrogens is 252 g/mol. The first-order valence-electron chi connectivity index (χ1n) is 6.84. The molecule has 0 bridgehead atoms. The second kappa shape index (κ2) is 8.17. The molecule has 0 aliphatic carbocycles. The van der Waals surface area contributed by atoms with Crippen LogP contribution in [0, 0.1) is 0 Å². The van der Waals surface area contributed by atoms with Gasteiger partial charge < -0.3 is 14.8 Å². The topological polar surface area (TPSA) is 43.4 Å². The lowest BCUT2D eigenvalue weighted by molar-refractivity contribution is 0.216. The number of aromatic nitrogens is 1. The van der Waals surface area contributed by atoms with Crippen molar-refractivity contribution in [3.63, 3.8) is 0 Å². The first-order valence-corrected chi connectivity index (χ1v) is 6.84. The molecule has 0 atom stereocenters. The number of rotatable bonds is 8. The number of pyridine rings is 1. The van der Waals surface area contributed by atoms with Crippen molar-refractivity contribution in [2.24, 2.45) is 0 Å². The van der Waals surface area contributed by atoms with Crippen LogP contribution >= 0.6 is 0 Å². The van der Waals surface area contributed by atoms with E-state index in [4.69, 9.17) is 9.47 Å². The van der Waals surface area contributed by atoms with Crippen molar-refractivity contribution >= 4 is 0 Å². The van der Waals surface area contributed by atoms with Crippen LogP contribution in [0.5, 0.6) is 11.5 Å². The summed E-state index contributed by atoms with van der Waals surface area (Å²) in [5, 5.41) is 3.29. The van der Waals surface area contributed by atoms with Gasteiger partial charge in [-0.15, -0.1) is 0 Å². The summed E-state index contributed by atoms with van der Waals surface area (Å²) in [4.78, 5) is 3.99. The highest BCUT2D eigenvalue weighted by Crippen LogP contribution is 2.13. The maximum absolute atomic E-state index is 5.68. The Morgan fingerprint density at radius 1 is 1.05 bits per heavy atom. The van der Waals surface area contributed by atoms with E-state index in [1.54, 1.807) is 12.4 Å². The van der Waals surface area contributed by atoms with Crippen LogP contribution in [-0.2, 0) is 6.54 Å². The minimum Gasteiger partial charge on any atom is -0.490 e. The van der Waals surface area contributed by atoms with E-state index in [1.165, 1.54) is 5.56 Å². The van der Waals surface area contributed by atoms with Crippen molar-refractivity contribution in [2.45, 2.75) is 13.5 Å². The average molecular weight is 272 g/mol. The van der Waals surface area contributed by atoms with Gasteiger partial charge in [0.1, 0.15) is 24.7 Å². The predicted molar refractivity (Wildman–Crippen MR) is 79.0 cm³/mol. The zero-order valence-corrected chi connectivity index (χ0v) is 11.7. The van der Waals surface area contributed by atoms with E-state index in [1.807, 2.05) is 30.3 Å². The van der Waals surface area contributed by atoms with Crippen LogP contribution in [0.2, 0.25) is 0 Å². The zero-order chi connectivity index (χ0) is 14.0. The molecule has 0 radical (unpaired) electrons. The number of hydrogen-bond donors (Lipinski definition) is 1. The monoisotopic (exact) mass is 272 g/mol. The lowest BCUT2D eigenvalue weighted by Crippen LogP contribution is -2.12. The van der Waals surface area contributed by atoms with E-state index in [9.17, 15) is 0 Å². The van der Waals surface area contributed by atoms with Gasteiger partial charge in [0.2, 0.25) is 0 Å². The Kier molecular flexibility index (Phi) is 5.86. The first-order chi connectivity index (χ1) is 9.88. The fourth-order valence-electron chi connectivity index (χ4n) is 1.77. The standard InChI is InChI=1S/C16H20N2O2/c1-2-17-12-14-5-3-6-15(11-14)19-9-10-20-16-7-4-8-18-13-16/h3-8,11,13,17H,2,9-10,12H2,1H3.